The number of nitrogens with zero attached hydrogens (tertiary/aromatic N) is 4. The minimum atomic E-state index is 0.545. The largest absolute Gasteiger partial charge is 0.299 e. The van der Waals surface area contributed by atoms with E-state index < -0.39 is 0 Å². The molecule has 33 heavy (non-hydrogen) atoms. The van der Waals surface area contributed by atoms with E-state index in [0.29, 0.717) is 12.1 Å². The van der Waals surface area contributed by atoms with Crippen LogP contribution in [0.3, 0.4) is 0 Å². The van der Waals surface area contributed by atoms with Crippen molar-refractivity contribution in [1.82, 2.24) is 4.90 Å². The zero-order chi connectivity index (χ0) is 22.9. The van der Waals surface area contributed by atoms with Gasteiger partial charge in [0.25, 0.3) is 0 Å². The number of amidine groups is 1. The average molecular weight is 435 g/mol. The van der Waals surface area contributed by atoms with Gasteiger partial charge in [-0.25, -0.2) is 4.99 Å². The molecule has 2 aliphatic rings. The molecule has 0 saturated carbocycles. The first-order valence-electron chi connectivity index (χ1n) is 11.9. The normalized spacial score (nSPS) is 21.0. The summed E-state index contributed by atoms with van der Waals surface area (Å²) in [6, 6.07) is 21.3. The molecule has 4 heteroatoms. The minimum absolute atomic E-state index is 0.545. The standard InChI is InChI=1S/C29H30N4/c1-19-12-13-33(17-21(19)3)18-23-10-11-27(26-7-5-4-6-25(23)26)29-31-16-28(32-29)22-9-8-20(2)24(14-22)15-30/h4-11,14,19,21H,12-13,16-18H2,1-3H3. The Hall–Kier alpha value is -3.29. The highest BCUT2D eigenvalue weighted by molar-refractivity contribution is 6.21. The fraction of sp³-hybridized carbons (Fsp3) is 0.345. The third kappa shape index (κ3) is 4.21. The smallest absolute Gasteiger partial charge is 0.155 e. The summed E-state index contributed by atoms with van der Waals surface area (Å²) in [6.07, 6.45) is 1.28. The number of nitriles is 1. The SMILES string of the molecule is Cc1ccc(C2=NC(c3ccc(CN4CCC(C)C(C)C4)c4ccccc34)=NC2)cc1C#N. The summed E-state index contributed by atoms with van der Waals surface area (Å²) in [5.74, 6) is 2.34. The lowest BCUT2D eigenvalue weighted by Gasteiger charge is -2.35. The second-order valence-corrected chi connectivity index (χ2v) is 9.64. The maximum atomic E-state index is 9.38. The minimum Gasteiger partial charge on any atom is -0.299 e. The Morgan fingerprint density at radius 3 is 2.64 bits per heavy atom. The number of benzene rings is 3. The molecule has 1 fully saturated rings. The lowest BCUT2D eigenvalue weighted by molar-refractivity contribution is 0.132. The van der Waals surface area contributed by atoms with Crippen LogP contribution in [0, 0.1) is 30.1 Å². The zero-order valence-corrected chi connectivity index (χ0v) is 19.7. The molecule has 2 aliphatic heterocycles. The van der Waals surface area contributed by atoms with Crippen molar-refractivity contribution in [1.29, 1.82) is 5.26 Å². The maximum Gasteiger partial charge on any atom is 0.155 e. The Kier molecular flexibility index (Phi) is 5.83. The molecular weight excluding hydrogens is 404 g/mol. The van der Waals surface area contributed by atoms with Gasteiger partial charge in [-0.3, -0.25) is 9.89 Å². The number of piperidine rings is 1. The van der Waals surface area contributed by atoms with Crippen molar-refractivity contribution in [2.45, 2.75) is 33.7 Å². The first-order valence-corrected chi connectivity index (χ1v) is 11.9. The van der Waals surface area contributed by atoms with Gasteiger partial charge in [0.2, 0.25) is 0 Å². The summed E-state index contributed by atoms with van der Waals surface area (Å²) in [5.41, 5.74) is 6.03. The Bertz CT molecular complexity index is 1310. The van der Waals surface area contributed by atoms with Gasteiger partial charge >= 0.3 is 0 Å². The van der Waals surface area contributed by atoms with Gasteiger partial charge < -0.3 is 0 Å². The molecule has 0 spiro atoms. The summed E-state index contributed by atoms with van der Waals surface area (Å²) in [4.78, 5) is 12.3. The van der Waals surface area contributed by atoms with E-state index in [0.717, 1.165) is 46.6 Å². The first kappa shape index (κ1) is 21.6. The lowest BCUT2D eigenvalue weighted by Crippen LogP contribution is -2.37. The molecule has 2 unspecified atom stereocenters. The van der Waals surface area contributed by atoms with E-state index in [-0.39, 0.29) is 0 Å². The van der Waals surface area contributed by atoms with Crippen LogP contribution in [0.25, 0.3) is 10.8 Å². The van der Waals surface area contributed by atoms with Gasteiger partial charge in [0, 0.05) is 18.7 Å². The van der Waals surface area contributed by atoms with Crippen molar-refractivity contribution in [3.8, 4) is 6.07 Å². The predicted molar refractivity (Wildman–Crippen MR) is 136 cm³/mol. The average Bonchev–Trinajstić information content (AvgIpc) is 3.32. The van der Waals surface area contributed by atoms with Crippen molar-refractivity contribution < 1.29 is 0 Å². The fourth-order valence-electron chi connectivity index (χ4n) is 5.00. The number of hydrogen-bond donors (Lipinski definition) is 0. The lowest BCUT2D eigenvalue weighted by atomic mass is 9.88. The molecule has 2 atom stereocenters. The highest BCUT2D eigenvalue weighted by Gasteiger charge is 2.23. The van der Waals surface area contributed by atoms with Gasteiger partial charge in [-0.2, -0.15) is 5.26 Å². The Morgan fingerprint density at radius 2 is 1.85 bits per heavy atom. The number of aliphatic imine (C=N–C) groups is 2. The Labute approximate surface area is 196 Å². The molecule has 3 aromatic carbocycles. The molecule has 0 aliphatic carbocycles. The molecule has 0 bridgehead atoms. The van der Waals surface area contributed by atoms with Crippen LogP contribution in [0.15, 0.2) is 64.6 Å². The van der Waals surface area contributed by atoms with E-state index in [1.165, 1.54) is 35.8 Å². The number of rotatable bonds is 4. The Balaban J connectivity index is 1.45. The van der Waals surface area contributed by atoms with E-state index in [9.17, 15) is 5.26 Å². The summed E-state index contributed by atoms with van der Waals surface area (Å²) < 4.78 is 0. The van der Waals surface area contributed by atoms with Crippen molar-refractivity contribution in [2.75, 3.05) is 19.6 Å². The second kappa shape index (κ2) is 8.92. The topological polar surface area (TPSA) is 51.8 Å². The monoisotopic (exact) mass is 434 g/mol. The summed E-state index contributed by atoms with van der Waals surface area (Å²) in [5, 5.41) is 11.9. The van der Waals surface area contributed by atoms with E-state index in [4.69, 9.17) is 9.98 Å². The van der Waals surface area contributed by atoms with E-state index in [1.54, 1.807) is 0 Å². The van der Waals surface area contributed by atoms with Crippen molar-refractivity contribution in [3.63, 3.8) is 0 Å². The van der Waals surface area contributed by atoms with Crippen LogP contribution in [0.4, 0.5) is 0 Å². The van der Waals surface area contributed by atoms with Gasteiger partial charge in [0.05, 0.1) is 23.9 Å². The molecule has 0 radical (unpaired) electrons. The van der Waals surface area contributed by atoms with Crippen molar-refractivity contribution in [2.24, 2.45) is 21.8 Å². The van der Waals surface area contributed by atoms with Crippen LogP contribution in [0.2, 0.25) is 0 Å². The molecule has 4 nitrogen and oxygen atoms in total. The summed E-state index contributed by atoms with van der Waals surface area (Å²) in [7, 11) is 0. The van der Waals surface area contributed by atoms with Crippen molar-refractivity contribution in [3.05, 3.63) is 82.4 Å². The van der Waals surface area contributed by atoms with Crippen LogP contribution < -0.4 is 0 Å². The molecule has 0 N–H and O–H groups in total. The van der Waals surface area contributed by atoms with Gasteiger partial charge in [-0.15, -0.1) is 0 Å². The van der Waals surface area contributed by atoms with Crippen LogP contribution in [-0.4, -0.2) is 36.1 Å². The van der Waals surface area contributed by atoms with E-state index >= 15 is 0 Å². The highest BCUT2D eigenvalue weighted by atomic mass is 15.1. The quantitative estimate of drug-likeness (QED) is 0.525. The van der Waals surface area contributed by atoms with Crippen LogP contribution in [-0.2, 0) is 6.54 Å². The fourth-order valence-corrected chi connectivity index (χ4v) is 5.00. The van der Waals surface area contributed by atoms with E-state index in [1.807, 2.05) is 25.1 Å². The third-order valence-corrected chi connectivity index (χ3v) is 7.38. The number of likely N-dealkylation sites (tertiary alicyclic amines) is 1. The highest BCUT2D eigenvalue weighted by Crippen LogP contribution is 2.29. The van der Waals surface area contributed by atoms with Crippen LogP contribution in [0.5, 0.6) is 0 Å². The maximum absolute atomic E-state index is 9.38. The molecule has 5 rings (SSSR count). The number of fused-ring (bicyclic) bond motifs is 1. The van der Waals surface area contributed by atoms with Crippen LogP contribution >= 0.6 is 0 Å². The first-order chi connectivity index (χ1) is 16.0. The van der Waals surface area contributed by atoms with Crippen LogP contribution in [0.1, 0.15) is 48.1 Å². The zero-order valence-electron chi connectivity index (χ0n) is 19.7. The van der Waals surface area contributed by atoms with Gasteiger partial charge in [-0.05, 0) is 65.3 Å². The third-order valence-electron chi connectivity index (χ3n) is 7.38. The molecule has 166 valence electrons. The van der Waals surface area contributed by atoms with Gasteiger partial charge in [0.15, 0.2) is 5.84 Å². The van der Waals surface area contributed by atoms with Gasteiger partial charge in [-0.1, -0.05) is 62.4 Å². The van der Waals surface area contributed by atoms with E-state index in [2.05, 4.69) is 61.2 Å². The molecule has 0 amide bonds. The molecule has 3 aromatic rings. The van der Waals surface area contributed by atoms with Gasteiger partial charge in [0.1, 0.15) is 0 Å². The molecule has 0 aromatic heterocycles. The number of aryl methyl sites for hydroxylation is 1. The Morgan fingerprint density at radius 1 is 1.03 bits per heavy atom. The summed E-state index contributed by atoms with van der Waals surface area (Å²) >= 11 is 0. The summed E-state index contributed by atoms with van der Waals surface area (Å²) in [6.45, 7) is 10.6. The second-order valence-electron chi connectivity index (χ2n) is 9.64. The molecule has 1 saturated heterocycles. The predicted octanol–water partition coefficient (Wildman–Crippen LogP) is 5.75. The molecular formula is C29H30N4. The molecule has 2 heterocycles. The van der Waals surface area contributed by atoms with Crippen molar-refractivity contribution >= 4 is 22.3 Å². The number of hydrogen-bond acceptors (Lipinski definition) is 4.